The van der Waals surface area contributed by atoms with Crippen LogP contribution in [0.25, 0.3) is 0 Å². The molecule has 0 atom stereocenters. The molecule has 1 amide bonds. The van der Waals surface area contributed by atoms with E-state index < -0.39 is 5.91 Å². The monoisotopic (exact) mass is 211 g/mol. The van der Waals surface area contributed by atoms with E-state index >= 15 is 0 Å². The molecule has 0 aliphatic rings. The molecule has 15 heavy (non-hydrogen) atoms. The van der Waals surface area contributed by atoms with Gasteiger partial charge in [0, 0.05) is 0 Å². The molecule has 0 fully saturated rings. The molecule has 0 saturated carbocycles. The van der Waals surface area contributed by atoms with Gasteiger partial charge in [-0.2, -0.15) is 0 Å². The summed E-state index contributed by atoms with van der Waals surface area (Å²) in [6.07, 6.45) is 0. The standard InChI is InChI=1S/C10H13NO4/c1-13-7-5-4-6(10(11)12)8(14-2)9(7)15-3/h4-5H,1-3H3,(H2,11,12). The van der Waals surface area contributed by atoms with E-state index in [-0.39, 0.29) is 11.3 Å². The molecule has 0 radical (unpaired) electrons. The van der Waals surface area contributed by atoms with Crippen LogP contribution in [0.3, 0.4) is 0 Å². The highest BCUT2D eigenvalue weighted by molar-refractivity contribution is 5.97. The number of ether oxygens (including phenoxy) is 3. The maximum Gasteiger partial charge on any atom is 0.252 e. The number of methoxy groups -OCH3 is 3. The molecule has 0 bridgehead atoms. The number of rotatable bonds is 4. The molecular weight excluding hydrogens is 198 g/mol. The van der Waals surface area contributed by atoms with Crippen LogP contribution in [0.4, 0.5) is 0 Å². The summed E-state index contributed by atoms with van der Waals surface area (Å²) < 4.78 is 15.2. The maximum absolute atomic E-state index is 11.1. The van der Waals surface area contributed by atoms with E-state index in [1.54, 1.807) is 6.07 Å². The van der Waals surface area contributed by atoms with Crippen LogP contribution < -0.4 is 19.9 Å². The zero-order valence-corrected chi connectivity index (χ0v) is 8.87. The Labute approximate surface area is 87.7 Å². The van der Waals surface area contributed by atoms with Crippen LogP contribution in [0.1, 0.15) is 10.4 Å². The minimum Gasteiger partial charge on any atom is -0.493 e. The number of hydrogen-bond acceptors (Lipinski definition) is 4. The average Bonchev–Trinajstić information content (AvgIpc) is 2.26. The predicted molar refractivity (Wildman–Crippen MR) is 54.6 cm³/mol. The molecule has 1 rings (SSSR count). The van der Waals surface area contributed by atoms with E-state index in [1.165, 1.54) is 27.4 Å². The van der Waals surface area contributed by atoms with Gasteiger partial charge in [-0.15, -0.1) is 0 Å². The molecule has 1 aromatic carbocycles. The maximum atomic E-state index is 11.1. The quantitative estimate of drug-likeness (QED) is 0.800. The Morgan fingerprint density at radius 1 is 1.07 bits per heavy atom. The Hall–Kier alpha value is -1.91. The average molecular weight is 211 g/mol. The highest BCUT2D eigenvalue weighted by Gasteiger charge is 2.18. The van der Waals surface area contributed by atoms with Crippen LogP contribution in [0.5, 0.6) is 17.2 Å². The van der Waals surface area contributed by atoms with E-state index in [4.69, 9.17) is 19.9 Å². The predicted octanol–water partition coefficient (Wildman–Crippen LogP) is 0.811. The van der Waals surface area contributed by atoms with Crippen molar-refractivity contribution < 1.29 is 19.0 Å². The van der Waals surface area contributed by atoms with Crippen molar-refractivity contribution in [1.29, 1.82) is 0 Å². The first kappa shape index (κ1) is 11.2. The SMILES string of the molecule is COc1ccc(C(N)=O)c(OC)c1OC. The van der Waals surface area contributed by atoms with Crippen molar-refractivity contribution in [2.24, 2.45) is 5.73 Å². The van der Waals surface area contributed by atoms with Crippen LogP contribution in [0.15, 0.2) is 12.1 Å². The number of carbonyl (C=O) groups excluding carboxylic acids is 1. The third kappa shape index (κ3) is 1.96. The number of primary amides is 1. The van der Waals surface area contributed by atoms with Crippen LogP contribution >= 0.6 is 0 Å². The largest absolute Gasteiger partial charge is 0.493 e. The summed E-state index contributed by atoms with van der Waals surface area (Å²) in [5.74, 6) is 0.549. The second-order valence-corrected chi connectivity index (χ2v) is 2.75. The molecule has 5 nitrogen and oxygen atoms in total. The molecule has 1 aromatic rings. The van der Waals surface area contributed by atoms with E-state index in [1.807, 2.05) is 0 Å². The molecule has 5 heteroatoms. The van der Waals surface area contributed by atoms with Crippen LogP contribution in [-0.4, -0.2) is 27.2 Å². The smallest absolute Gasteiger partial charge is 0.252 e. The molecular formula is C10H13NO4. The molecule has 82 valence electrons. The Kier molecular flexibility index (Phi) is 3.38. The first-order chi connectivity index (χ1) is 7.15. The Bertz CT molecular complexity index is 376. The summed E-state index contributed by atoms with van der Waals surface area (Å²) in [7, 11) is 4.40. The van der Waals surface area contributed by atoms with Crippen molar-refractivity contribution >= 4 is 5.91 Å². The van der Waals surface area contributed by atoms with Gasteiger partial charge in [-0.05, 0) is 12.1 Å². The third-order valence-corrected chi connectivity index (χ3v) is 1.97. The minimum atomic E-state index is -0.576. The molecule has 2 N–H and O–H groups in total. The van der Waals surface area contributed by atoms with E-state index in [9.17, 15) is 4.79 Å². The molecule has 0 aromatic heterocycles. The fraction of sp³-hybridized carbons (Fsp3) is 0.300. The Morgan fingerprint density at radius 3 is 2.07 bits per heavy atom. The van der Waals surface area contributed by atoms with Gasteiger partial charge in [0.2, 0.25) is 5.75 Å². The fourth-order valence-electron chi connectivity index (χ4n) is 1.30. The van der Waals surface area contributed by atoms with Crippen molar-refractivity contribution in [2.75, 3.05) is 21.3 Å². The molecule has 0 spiro atoms. The van der Waals surface area contributed by atoms with Crippen molar-refractivity contribution in [3.8, 4) is 17.2 Å². The van der Waals surface area contributed by atoms with Gasteiger partial charge in [-0.1, -0.05) is 0 Å². The number of amides is 1. The van der Waals surface area contributed by atoms with Gasteiger partial charge in [0.05, 0.1) is 26.9 Å². The number of carbonyl (C=O) groups is 1. The van der Waals surface area contributed by atoms with Crippen LogP contribution in [0.2, 0.25) is 0 Å². The highest BCUT2D eigenvalue weighted by atomic mass is 16.5. The topological polar surface area (TPSA) is 70.8 Å². The lowest BCUT2D eigenvalue weighted by atomic mass is 10.1. The van der Waals surface area contributed by atoms with Crippen molar-refractivity contribution in [3.05, 3.63) is 17.7 Å². The Balaban J connectivity index is 3.40. The van der Waals surface area contributed by atoms with Crippen molar-refractivity contribution in [1.82, 2.24) is 0 Å². The van der Waals surface area contributed by atoms with Gasteiger partial charge in [-0.3, -0.25) is 4.79 Å². The van der Waals surface area contributed by atoms with Gasteiger partial charge in [0.1, 0.15) is 0 Å². The summed E-state index contributed by atoms with van der Waals surface area (Å²) in [6.45, 7) is 0. The van der Waals surface area contributed by atoms with Crippen LogP contribution in [-0.2, 0) is 0 Å². The van der Waals surface area contributed by atoms with Gasteiger partial charge < -0.3 is 19.9 Å². The normalized spacial score (nSPS) is 9.53. The molecule has 0 heterocycles. The molecule has 0 saturated heterocycles. The summed E-state index contributed by atoms with van der Waals surface area (Å²) in [5, 5.41) is 0. The Morgan fingerprint density at radius 2 is 1.67 bits per heavy atom. The number of benzene rings is 1. The molecule has 0 aliphatic carbocycles. The summed E-state index contributed by atoms with van der Waals surface area (Å²) >= 11 is 0. The van der Waals surface area contributed by atoms with Gasteiger partial charge >= 0.3 is 0 Å². The first-order valence-electron chi connectivity index (χ1n) is 4.24. The lowest BCUT2D eigenvalue weighted by Gasteiger charge is -2.13. The minimum absolute atomic E-state index is 0.259. The number of hydrogen-bond donors (Lipinski definition) is 1. The van der Waals surface area contributed by atoms with Crippen molar-refractivity contribution in [3.63, 3.8) is 0 Å². The first-order valence-corrected chi connectivity index (χ1v) is 4.24. The van der Waals surface area contributed by atoms with Crippen LogP contribution in [0, 0.1) is 0 Å². The third-order valence-electron chi connectivity index (χ3n) is 1.97. The zero-order chi connectivity index (χ0) is 11.4. The lowest BCUT2D eigenvalue weighted by molar-refractivity contribution is 0.0996. The van der Waals surface area contributed by atoms with E-state index in [0.717, 1.165) is 0 Å². The number of nitrogens with two attached hydrogens (primary N) is 1. The van der Waals surface area contributed by atoms with E-state index in [2.05, 4.69) is 0 Å². The van der Waals surface area contributed by atoms with E-state index in [0.29, 0.717) is 11.5 Å². The summed E-state index contributed by atoms with van der Waals surface area (Å²) in [5.41, 5.74) is 5.45. The van der Waals surface area contributed by atoms with Crippen molar-refractivity contribution in [2.45, 2.75) is 0 Å². The summed E-state index contributed by atoms with van der Waals surface area (Å²) in [6, 6.07) is 3.13. The zero-order valence-electron chi connectivity index (χ0n) is 8.87. The molecule has 0 unspecified atom stereocenters. The fourth-order valence-corrected chi connectivity index (χ4v) is 1.30. The van der Waals surface area contributed by atoms with Gasteiger partial charge in [0.25, 0.3) is 5.91 Å². The second-order valence-electron chi connectivity index (χ2n) is 2.75. The lowest BCUT2D eigenvalue weighted by Crippen LogP contribution is -2.13. The summed E-state index contributed by atoms with van der Waals surface area (Å²) in [4.78, 5) is 11.1. The second kappa shape index (κ2) is 4.54. The highest BCUT2D eigenvalue weighted by Crippen LogP contribution is 2.39. The van der Waals surface area contributed by atoms with Gasteiger partial charge in [0.15, 0.2) is 11.5 Å². The van der Waals surface area contributed by atoms with Gasteiger partial charge in [-0.25, -0.2) is 0 Å². The molecule has 0 aliphatic heterocycles.